The average molecular weight is 254 g/mol. The third kappa shape index (κ3) is 4.86. The SMILES string of the molecule is CC(C)C(=O)CN1CCN(CC(=O)C(C)C)CC1. The minimum atomic E-state index is 0.116. The van der Waals surface area contributed by atoms with Gasteiger partial charge in [0.15, 0.2) is 0 Å². The molecule has 0 aromatic carbocycles. The van der Waals surface area contributed by atoms with Gasteiger partial charge < -0.3 is 0 Å². The van der Waals surface area contributed by atoms with Crippen LogP contribution in [0.3, 0.4) is 0 Å². The highest BCUT2D eigenvalue weighted by molar-refractivity contribution is 5.82. The van der Waals surface area contributed by atoms with Crippen LogP contribution in [-0.4, -0.2) is 60.6 Å². The van der Waals surface area contributed by atoms with Crippen LogP contribution in [0.5, 0.6) is 0 Å². The first-order valence-corrected chi connectivity index (χ1v) is 6.90. The fourth-order valence-corrected chi connectivity index (χ4v) is 1.91. The molecule has 0 unspecified atom stereocenters. The van der Waals surface area contributed by atoms with Gasteiger partial charge in [-0.05, 0) is 0 Å². The lowest BCUT2D eigenvalue weighted by Crippen LogP contribution is -2.49. The molecule has 0 N–H and O–H groups in total. The molecule has 1 saturated heterocycles. The Morgan fingerprint density at radius 2 is 1.06 bits per heavy atom. The van der Waals surface area contributed by atoms with Crippen LogP contribution in [0.4, 0.5) is 0 Å². The second kappa shape index (κ2) is 7.00. The van der Waals surface area contributed by atoms with Gasteiger partial charge in [0, 0.05) is 38.0 Å². The normalized spacial score (nSPS) is 18.6. The zero-order chi connectivity index (χ0) is 13.7. The molecule has 1 heterocycles. The molecular weight excluding hydrogens is 228 g/mol. The summed E-state index contributed by atoms with van der Waals surface area (Å²) in [7, 11) is 0. The predicted molar refractivity (Wildman–Crippen MR) is 72.6 cm³/mol. The largest absolute Gasteiger partial charge is 0.298 e. The molecular formula is C14H26N2O2. The third-order valence-electron chi connectivity index (χ3n) is 3.51. The van der Waals surface area contributed by atoms with Gasteiger partial charge in [-0.2, -0.15) is 0 Å². The van der Waals surface area contributed by atoms with Gasteiger partial charge in [0.1, 0.15) is 11.6 Å². The monoisotopic (exact) mass is 254 g/mol. The summed E-state index contributed by atoms with van der Waals surface area (Å²) < 4.78 is 0. The summed E-state index contributed by atoms with van der Waals surface area (Å²) in [5.41, 5.74) is 0. The van der Waals surface area contributed by atoms with Gasteiger partial charge in [-0.1, -0.05) is 27.7 Å². The second-order valence-corrected chi connectivity index (χ2v) is 5.79. The van der Waals surface area contributed by atoms with Crippen molar-refractivity contribution in [3.05, 3.63) is 0 Å². The summed E-state index contributed by atoms with van der Waals surface area (Å²) in [6.45, 7) is 12.5. The molecule has 0 spiro atoms. The number of carbonyl (C=O) groups is 2. The summed E-state index contributed by atoms with van der Waals surface area (Å²) >= 11 is 0. The van der Waals surface area contributed by atoms with Crippen LogP contribution in [0.25, 0.3) is 0 Å². The molecule has 4 nitrogen and oxygen atoms in total. The van der Waals surface area contributed by atoms with E-state index in [1.807, 2.05) is 27.7 Å². The van der Waals surface area contributed by atoms with Crippen molar-refractivity contribution in [3.8, 4) is 0 Å². The van der Waals surface area contributed by atoms with E-state index in [2.05, 4.69) is 9.80 Å². The van der Waals surface area contributed by atoms with E-state index in [1.165, 1.54) is 0 Å². The van der Waals surface area contributed by atoms with Crippen molar-refractivity contribution >= 4 is 11.6 Å². The van der Waals surface area contributed by atoms with E-state index >= 15 is 0 Å². The molecule has 0 saturated carbocycles. The molecule has 4 heteroatoms. The standard InChI is InChI=1S/C14H26N2O2/c1-11(2)13(17)9-15-5-7-16(8-6-15)10-14(18)12(3)4/h11-12H,5-10H2,1-4H3. The number of ketones is 2. The van der Waals surface area contributed by atoms with Gasteiger partial charge in [0.05, 0.1) is 13.1 Å². The van der Waals surface area contributed by atoms with Gasteiger partial charge in [0.25, 0.3) is 0 Å². The lowest BCUT2D eigenvalue weighted by molar-refractivity contribution is -0.125. The maximum atomic E-state index is 11.7. The van der Waals surface area contributed by atoms with Crippen molar-refractivity contribution in [1.29, 1.82) is 0 Å². The van der Waals surface area contributed by atoms with E-state index in [9.17, 15) is 9.59 Å². The molecule has 0 aromatic heterocycles. The van der Waals surface area contributed by atoms with E-state index in [0.29, 0.717) is 24.7 Å². The third-order valence-corrected chi connectivity index (χ3v) is 3.51. The lowest BCUT2D eigenvalue weighted by Gasteiger charge is -2.34. The lowest BCUT2D eigenvalue weighted by atomic mass is 10.1. The molecule has 1 aliphatic heterocycles. The van der Waals surface area contributed by atoms with Crippen LogP contribution in [0.15, 0.2) is 0 Å². The van der Waals surface area contributed by atoms with E-state index < -0.39 is 0 Å². The van der Waals surface area contributed by atoms with Crippen LogP contribution in [-0.2, 0) is 9.59 Å². The molecule has 1 fully saturated rings. The number of nitrogens with zero attached hydrogens (tertiary/aromatic N) is 2. The average Bonchev–Trinajstić information content (AvgIpc) is 2.31. The molecule has 0 aliphatic carbocycles. The Bertz CT molecular complexity index is 262. The molecule has 1 rings (SSSR count). The Labute approximate surface area is 110 Å². The van der Waals surface area contributed by atoms with Crippen LogP contribution in [0.2, 0.25) is 0 Å². The first-order chi connectivity index (χ1) is 8.40. The van der Waals surface area contributed by atoms with Crippen LogP contribution in [0.1, 0.15) is 27.7 Å². The summed E-state index contributed by atoms with van der Waals surface area (Å²) in [5, 5.41) is 0. The maximum Gasteiger partial charge on any atom is 0.149 e. The number of rotatable bonds is 6. The molecule has 0 atom stereocenters. The van der Waals surface area contributed by atoms with Gasteiger partial charge in [0.2, 0.25) is 0 Å². The summed E-state index contributed by atoms with van der Waals surface area (Å²) in [4.78, 5) is 27.7. The Kier molecular flexibility index (Phi) is 5.96. The summed E-state index contributed by atoms with van der Waals surface area (Å²) in [6, 6.07) is 0. The number of Topliss-reactive ketones (excluding diaryl/α,β-unsaturated/α-hetero) is 2. The van der Waals surface area contributed by atoms with Crippen molar-refractivity contribution in [2.75, 3.05) is 39.3 Å². The van der Waals surface area contributed by atoms with Gasteiger partial charge >= 0.3 is 0 Å². The van der Waals surface area contributed by atoms with Crippen LogP contribution < -0.4 is 0 Å². The quantitative estimate of drug-likeness (QED) is 0.710. The molecule has 104 valence electrons. The highest BCUT2D eigenvalue weighted by Gasteiger charge is 2.21. The summed E-state index contributed by atoms with van der Waals surface area (Å²) in [5.74, 6) is 0.847. The molecule has 1 aliphatic rings. The van der Waals surface area contributed by atoms with Gasteiger partial charge in [-0.25, -0.2) is 0 Å². The minimum Gasteiger partial charge on any atom is -0.298 e. The fraction of sp³-hybridized carbons (Fsp3) is 0.857. The molecule has 0 amide bonds. The van der Waals surface area contributed by atoms with Gasteiger partial charge in [-0.15, -0.1) is 0 Å². The van der Waals surface area contributed by atoms with E-state index in [-0.39, 0.29) is 11.8 Å². The predicted octanol–water partition coefficient (Wildman–Crippen LogP) is 1.05. The number of hydrogen-bond donors (Lipinski definition) is 0. The first kappa shape index (κ1) is 15.3. The first-order valence-electron chi connectivity index (χ1n) is 6.90. The highest BCUT2D eigenvalue weighted by Crippen LogP contribution is 2.06. The van der Waals surface area contributed by atoms with E-state index in [1.54, 1.807) is 0 Å². The van der Waals surface area contributed by atoms with E-state index in [4.69, 9.17) is 0 Å². The Hall–Kier alpha value is -0.740. The number of hydrogen-bond acceptors (Lipinski definition) is 4. The highest BCUT2D eigenvalue weighted by atomic mass is 16.1. The fourth-order valence-electron chi connectivity index (χ4n) is 1.91. The topological polar surface area (TPSA) is 40.6 Å². The Balaban J connectivity index is 2.28. The van der Waals surface area contributed by atoms with Crippen molar-refractivity contribution in [3.63, 3.8) is 0 Å². The van der Waals surface area contributed by atoms with Crippen molar-refractivity contribution in [1.82, 2.24) is 9.80 Å². The second-order valence-electron chi connectivity index (χ2n) is 5.79. The zero-order valence-electron chi connectivity index (χ0n) is 12.1. The minimum absolute atomic E-state index is 0.116. The Morgan fingerprint density at radius 1 is 0.778 bits per heavy atom. The van der Waals surface area contributed by atoms with Crippen LogP contribution in [0, 0.1) is 11.8 Å². The Morgan fingerprint density at radius 3 is 1.28 bits per heavy atom. The number of piperazine rings is 1. The molecule has 0 bridgehead atoms. The van der Waals surface area contributed by atoms with Crippen LogP contribution >= 0.6 is 0 Å². The van der Waals surface area contributed by atoms with E-state index in [0.717, 1.165) is 26.2 Å². The van der Waals surface area contributed by atoms with Crippen molar-refractivity contribution in [2.24, 2.45) is 11.8 Å². The molecule has 0 aromatic rings. The smallest absolute Gasteiger partial charge is 0.149 e. The summed E-state index contributed by atoms with van der Waals surface area (Å²) in [6.07, 6.45) is 0. The van der Waals surface area contributed by atoms with Crippen molar-refractivity contribution in [2.45, 2.75) is 27.7 Å². The molecule has 0 radical (unpaired) electrons. The zero-order valence-corrected chi connectivity index (χ0v) is 12.1. The van der Waals surface area contributed by atoms with Gasteiger partial charge in [-0.3, -0.25) is 19.4 Å². The molecule has 18 heavy (non-hydrogen) atoms. The maximum absolute atomic E-state index is 11.7. The van der Waals surface area contributed by atoms with Crippen molar-refractivity contribution < 1.29 is 9.59 Å². The number of carbonyl (C=O) groups excluding carboxylic acids is 2.